The zero-order chi connectivity index (χ0) is 13.9. The Bertz CT molecular complexity index is 369. The van der Waals surface area contributed by atoms with Crippen molar-refractivity contribution in [2.75, 3.05) is 20.1 Å². The quantitative estimate of drug-likeness (QED) is 0.860. The summed E-state index contributed by atoms with van der Waals surface area (Å²) >= 11 is 0. The number of hydrogen-bond acceptors (Lipinski definition) is 3. The van der Waals surface area contributed by atoms with Gasteiger partial charge in [-0.3, -0.25) is 0 Å². The number of nitrogens with one attached hydrogen (secondary N) is 1. The van der Waals surface area contributed by atoms with Gasteiger partial charge in [-0.2, -0.15) is 0 Å². The molecule has 1 N–H and O–H groups in total. The van der Waals surface area contributed by atoms with Crippen LogP contribution in [0.25, 0.3) is 0 Å². The Labute approximate surface area is 118 Å². The third kappa shape index (κ3) is 3.50. The standard InChI is InChI=1S/C14H28N2O2S/c1-12(15-2)13-8-10-16(11-9-13)19(17,18)14-6-4-3-5-7-14/h12-15H,3-11H2,1-2H3. The number of hydrogen-bond donors (Lipinski definition) is 1. The van der Waals surface area contributed by atoms with Crippen LogP contribution >= 0.6 is 0 Å². The molecule has 0 aromatic heterocycles. The Hall–Kier alpha value is -0.130. The molecule has 1 atom stereocenters. The minimum Gasteiger partial charge on any atom is -0.317 e. The van der Waals surface area contributed by atoms with Crippen molar-refractivity contribution >= 4 is 10.0 Å². The Balaban J connectivity index is 1.92. The van der Waals surface area contributed by atoms with E-state index in [4.69, 9.17) is 0 Å². The van der Waals surface area contributed by atoms with Crippen molar-refractivity contribution in [3.05, 3.63) is 0 Å². The fraction of sp³-hybridized carbons (Fsp3) is 1.00. The lowest BCUT2D eigenvalue weighted by Crippen LogP contribution is -2.46. The smallest absolute Gasteiger partial charge is 0.216 e. The molecule has 112 valence electrons. The second kappa shape index (κ2) is 6.55. The van der Waals surface area contributed by atoms with E-state index in [0.717, 1.165) is 51.6 Å². The second-order valence-corrected chi connectivity index (χ2v) is 8.33. The van der Waals surface area contributed by atoms with Crippen LogP contribution in [0.1, 0.15) is 51.9 Å². The van der Waals surface area contributed by atoms with E-state index in [-0.39, 0.29) is 5.25 Å². The Morgan fingerprint density at radius 1 is 1.05 bits per heavy atom. The van der Waals surface area contributed by atoms with Crippen molar-refractivity contribution in [1.82, 2.24) is 9.62 Å². The van der Waals surface area contributed by atoms with Crippen LogP contribution in [0.2, 0.25) is 0 Å². The normalized spacial score (nSPS) is 26.4. The molecule has 19 heavy (non-hydrogen) atoms. The maximum absolute atomic E-state index is 12.6. The summed E-state index contributed by atoms with van der Waals surface area (Å²) in [5.41, 5.74) is 0. The van der Waals surface area contributed by atoms with E-state index < -0.39 is 10.0 Å². The van der Waals surface area contributed by atoms with Gasteiger partial charge in [0.05, 0.1) is 5.25 Å². The number of piperidine rings is 1. The van der Waals surface area contributed by atoms with E-state index in [0.29, 0.717) is 12.0 Å². The Morgan fingerprint density at radius 3 is 2.16 bits per heavy atom. The monoisotopic (exact) mass is 288 g/mol. The largest absolute Gasteiger partial charge is 0.317 e. The van der Waals surface area contributed by atoms with Crippen LogP contribution in [0.4, 0.5) is 0 Å². The molecule has 0 amide bonds. The molecule has 0 bridgehead atoms. The van der Waals surface area contributed by atoms with Gasteiger partial charge in [0.15, 0.2) is 0 Å². The van der Waals surface area contributed by atoms with Crippen molar-refractivity contribution in [1.29, 1.82) is 0 Å². The van der Waals surface area contributed by atoms with Crippen molar-refractivity contribution in [3.63, 3.8) is 0 Å². The van der Waals surface area contributed by atoms with Gasteiger partial charge >= 0.3 is 0 Å². The fourth-order valence-corrected chi connectivity index (χ4v) is 5.51. The highest BCUT2D eigenvalue weighted by molar-refractivity contribution is 7.89. The molecule has 1 aliphatic heterocycles. The predicted molar refractivity (Wildman–Crippen MR) is 78.6 cm³/mol. The molecule has 1 saturated heterocycles. The second-order valence-electron chi connectivity index (χ2n) is 6.12. The number of nitrogens with zero attached hydrogens (tertiary/aromatic N) is 1. The van der Waals surface area contributed by atoms with Crippen LogP contribution < -0.4 is 5.32 Å². The maximum Gasteiger partial charge on any atom is 0.216 e. The summed E-state index contributed by atoms with van der Waals surface area (Å²) in [6.45, 7) is 3.63. The van der Waals surface area contributed by atoms with Gasteiger partial charge in [0.1, 0.15) is 0 Å². The van der Waals surface area contributed by atoms with Gasteiger partial charge in [-0.25, -0.2) is 12.7 Å². The molecule has 0 radical (unpaired) electrons. The lowest BCUT2D eigenvalue weighted by Gasteiger charge is -2.36. The van der Waals surface area contributed by atoms with Crippen molar-refractivity contribution in [2.45, 2.75) is 63.2 Å². The third-order valence-electron chi connectivity index (χ3n) is 4.99. The highest BCUT2D eigenvalue weighted by atomic mass is 32.2. The van der Waals surface area contributed by atoms with Gasteiger partial charge in [0, 0.05) is 19.1 Å². The summed E-state index contributed by atoms with van der Waals surface area (Å²) in [5.74, 6) is 0.614. The number of sulfonamides is 1. The van der Waals surface area contributed by atoms with Gasteiger partial charge in [-0.05, 0) is 45.6 Å². The third-order valence-corrected chi connectivity index (χ3v) is 7.39. The molecule has 1 aliphatic carbocycles. The first-order valence-electron chi connectivity index (χ1n) is 7.72. The van der Waals surface area contributed by atoms with Gasteiger partial charge in [0.2, 0.25) is 10.0 Å². The van der Waals surface area contributed by atoms with Crippen molar-refractivity contribution < 1.29 is 8.42 Å². The van der Waals surface area contributed by atoms with E-state index in [9.17, 15) is 8.42 Å². The summed E-state index contributed by atoms with van der Waals surface area (Å²) < 4.78 is 27.0. The topological polar surface area (TPSA) is 49.4 Å². The molecule has 0 aromatic rings. The lowest BCUT2D eigenvalue weighted by molar-refractivity contribution is 0.233. The zero-order valence-electron chi connectivity index (χ0n) is 12.3. The van der Waals surface area contributed by atoms with Crippen LogP contribution in [0.15, 0.2) is 0 Å². The molecule has 1 saturated carbocycles. The van der Waals surface area contributed by atoms with E-state index in [1.807, 2.05) is 7.05 Å². The maximum atomic E-state index is 12.6. The molecule has 2 rings (SSSR count). The minimum absolute atomic E-state index is 0.0977. The van der Waals surface area contributed by atoms with Gasteiger partial charge < -0.3 is 5.32 Å². The molecular weight excluding hydrogens is 260 g/mol. The highest BCUT2D eigenvalue weighted by Crippen LogP contribution is 2.29. The van der Waals surface area contributed by atoms with Crippen LogP contribution in [0.3, 0.4) is 0 Å². The first-order valence-corrected chi connectivity index (χ1v) is 9.22. The molecule has 2 aliphatic rings. The average Bonchev–Trinajstić information content (AvgIpc) is 2.47. The fourth-order valence-electron chi connectivity index (χ4n) is 3.44. The highest BCUT2D eigenvalue weighted by Gasteiger charge is 2.35. The van der Waals surface area contributed by atoms with E-state index >= 15 is 0 Å². The Morgan fingerprint density at radius 2 is 1.63 bits per heavy atom. The van der Waals surface area contributed by atoms with E-state index in [1.165, 1.54) is 6.42 Å². The summed E-state index contributed by atoms with van der Waals surface area (Å²) in [6.07, 6.45) is 7.09. The van der Waals surface area contributed by atoms with E-state index in [2.05, 4.69) is 12.2 Å². The van der Waals surface area contributed by atoms with Crippen LogP contribution in [0.5, 0.6) is 0 Å². The molecular formula is C14H28N2O2S. The van der Waals surface area contributed by atoms with Crippen molar-refractivity contribution in [3.8, 4) is 0 Å². The van der Waals surface area contributed by atoms with Crippen LogP contribution in [-0.2, 0) is 10.0 Å². The van der Waals surface area contributed by atoms with Gasteiger partial charge in [0.25, 0.3) is 0 Å². The first-order chi connectivity index (χ1) is 9.05. The molecule has 4 nitrogen and oxygen atoms in total. The molecule has 0 aromatic carbocycles. The summed E-state index contributed by atoms with van der Waals surface area (Å²) in [5, 5.41) is 3.19. The molecule has 0 spiro atoms. The molecule has 1 heterocycles. The first kappa shape index (κ1) is 15.3. The van der Waals surface area contributed by atoms with Crippen LogP contribution in [0, 0.1) is 5.92 Å². The molecule has 1 unspecified atom stereocenters. The average molecular weight is 288 g/mol. The molecule has 5 heteroatoms. The zero-order valence-corrected chi connectivity index (χ0v) is 13.1. The predicted octanol–water partition coefficient (Wildman–Crippen LogP) is 1.97. The molecule has 2 fully saturated rings. The lowest BCUT2D eigenvalue weighted by atomic mass is 9.91. The Kier molecular flexibility index (Phi) is 5.26. The summed E-state index contributed by atoms with van der Waals surface area (Å²) in [4.78, 5) is 0. The summed E-state index contributed by atoms with van der Waals surface area (Å²) in [6, 6.07) is 0.486. The SMILES string of the molecule is CNC(C)C1CCN(S(=O)(=O)C2CCCCC2)CC1. The van der Waals surface area contributed by atoms with Crippen LogP contribution in [-0.4, -0.2) is 44.2 Å². The van der Waals surface area contributed by atoms with Gasteiger partial charge in [-0.15, -0.1) is 0 Å². The minimum atomic E-state index is -3.03. The van der Waals surface area contributed by atoms with Crippen molar-refractivity contribution in [2.24, 2.45) is 5.92 Å². The van der Waals surface area contributed by atoms with E-state index in [1.54, 1.807) is 4.31 Å². The van der Waals surface area contributed by atoms with Gasteiger partial charge in [-0.1, -0.05) is 19.3 Å². The number of rotatable bonds is 4. The summed E-state index contributed by atoms with van der Waals surface area (Å²) in [7, 11) is -1.05.